The summed E-state index contributed by atoms with van der Waals surface area (Å²) >= 11 is 0. The lowest BCUT2D eigenvalue weighted by Gasteiger charge is -2.36. The molecule has 116 valence electrons. The molecule has 21 heavy (non-hydrogen) atoms. The maximum absolute atomic E-state index is 12.3. The highest BCUT2D eigenvalue weighted by molar-refractivity contribution is 5.89. The first-order chi connectivity index (χ1) is 10.0. The number of benzene rings is 1. The molecule has 0 radical (unpaired) electrons. The number of nitrogens with one attached hydrogen (secondary N) is 1. The minimum Gasteiger partial charge on any atom is -0.389 e. The van der Waals surface area contributed by atoms with Crippen LogP contribution >= 0.6 is 0 Å². The van der Waals surface area contributed by atoms with Crippen LogP contribution in [-0.4, -0.2) is 42.3 Å². The molecule has 1 fully saturated rings. The van der Waals surface area contributed by atoms with Gasteiger partial charge in [-0.1, -0.05) is 19.1 Å². The fraction of sp³-hybridized carbons (Fsp3) is 0.562. The van der Waals surface area contributed by atoms with Crippen molar-refractivity contribution in [2.45, 2.75) is 32.5 Å². The van der Waals surface area contributed by atoms with Gasteiger partial charge in [-0.3, -0.25) is 0 Å². The van der Waals surface area contributed by atoms with Crippen LogP contribution < -0.4 is 5.32 Å². The van der Waals surface area contributed by atoms with Gasteiger partial charge in [-0.2, -0.15) is 0 Å². The summed E-state index contributed by atoms with van der Waals surface area (Å²) in [6.45, 7) is 5.20. The Kier molecular flexibility index (Phi) is 5.20. The maximum atomic E-state index is 12.3. The zero-order chi connectivity index (χ0) is 15.4. The van der Waals surface area contributed by atoms with Crippen molar-refractivity contribution in [3.05, 3.63) is 29.8 Å². The molecule has 0 spiro atoms. The second kappa shape index (κ2) is 6.91. The summed E-state index contributed by atoms with van der Waals surface area (Å²) in [7, 11) is 1.69. The molecule has 0 aliphatic carbocycles. The molecule has 1 aromatic carbocycles. The summed E-state index contributed by atoms with van der Waals surface area (Å²) in [5, 5.41) is 12.5. The van der Waals surface area contributed by atoms with E-state index in [-0.39, 0.29) is 12.1 Å². The van der Waals surface area contributed by atoms with Gasteiger partial charge in [-0.05, 0) is 37.0 Å². The number of aliphatic hydroxyl groups is 1. The number of methoxy groups -OCH3 is 1. The van der Waals surface area contributed by atoms with Crippen LogP contribution in [0.2, 0.25) is 0 Å². The van der Waals surface area contributed by atoms with Gasteiger partial charge < -0.3 is 20.1 Å². The predicted molar refractivity (Wildman–Crippen MR) is 82.2 cm³/mol. The third kappa shape index (κ3) is 3.95. The number of ether oxygens (including phenoxy) is 1. The third-order valence-electron chi connectivity index (χ3n) is 4.10. The molecule has 2 amide bonds. The van der Waals surface area contributed by atoms with E-state index in [9.17, 15) is 9.90 Å². The van der Waals surface area contributed by atoms with E-state index in [1.165, 1.54) is 0 Å². The van der Waals surface area contributed by atoms with Crippen LogP contribution in [0.3, 0.4) is 0 Å². The molecule has 1 aromatic rings. The second-order valence-corrected chi connectivity index (χ2v) is 5.72. The smallest absolute Gasteiger partial charge is 0.321 e. The van der Waals surface area contributed by atoms with Crippen LogP contribution in [0.15, 0.2) is 24.3 Å². The van der Waals surface area contributed by atoms with Crippen LogP contribution in [0, 0.1) is 5.92 Å². The minimum absolute atomic E-state index is 0.0910. The van der Waals surface area contributed by atoms with Gasteiger partial charge in [0.15, 0.2) is 0 Å². The average molecular weight is 292 g/mol. The number of likely N-dealkylation sites (tertiary alicyclic amines) is 1. The van der Waals surface area contributed by atoms with Crippen molar-refractivity contribution in [2.24, 2.45) is 5.92 Å². The maximum Gasteiger partial charge on any atom is 0.321 e. The highest BCUT2D eigenvalue weighted by Gasteiger charge is 2.28. The first-order valence-electron chi connectivity index (χ1n) is 7.38. The van der Waals surface area contributed by atoms with Gasteiger partial charge in [0.05, 0.1) is 12.2 Å². The third-order valence-corrected chi connectivity index (χ3v) is 4.10. The Morgan fingerprint density at radius 3 is 2.95 bits per heavy atom. The largest absolute Gasteiger partial charge is 0.389 e. The van der Waals surface area contributed by atoms with Crippen molar-refractivity contribution in [2.75, 3.05) is 25.5 Å². The molecule has 2 N–H and O–H groups in total. The number of rotatable bonds is 3. The molecule has 0 saturated carbocycles. The number of urea groups is 1. The minimum atomic E-state index is -0.546. The van der Waals surface area contributed by atoms with Crippen LogP contribution in [-0.2, 0) is 4.74 Å². The van der Waals surface area contributed by atoms with Gasteiger partial charge in [0.2, 0.25) is 0 Å². The van der Waals surface area contributed by atoms with Gasteiger partial charge in [0, 0.05) is 25.9 Å². The van der Waals surface area contributed by atoms with E-state index < -0.39 is 6.10 Å². The summed E-state index contributed by atoms with van der Waals surface area (Å²) in [6, 6.07) is 7.16. The molecular formula is C16H24N2O3. The van der Waals surface area contributed by atoms with Crippen molar-refractivity contribution < 1.29 is 14.6 Å². The molecule has 1 aliphatic rings. The van der Waals surface area contributed by atoms with E-state index in [1.807, 2.05) is 18.2 Å². The average Bonchev–Trinajstić information content (AvgIpc) is 2.47. The number of nitrogens with zero attached hydrogens (tertiary/aromatic N) is 1. The standard InChI is InChI=1S/C16H24N2O3/c1-11-7-8-18(10-15(11)21-3)16(20)17-14-6-4-5-13(9-14)12(2)19/h4-6,9,11-12,15,19H,7-8,10H2,1-3H3,(H,17,20). The molecule has 2 rings (SSSR count). The molecule has 3 unspecified atom stereocenters. The number of piperidine rings is 1. The molecule has 0 aromatic heterocycles. The Bertz CT molecular complexity index is 490. The first kappa shape index (κ1) is 15.8. The molecule has 0 bridgehead atoms. The van der Waals surface area contributed by atoms with Crippen molar-refractivity contribution in [1.82, 2.24) is 4.90 Å². The summed E-state index contributed by atoms with van der Waals surface area (Å²) in [4.78, 5) is 14.1. The Morgan fingerprint density at radius 1 is 1.52 bits per heavy atom. The van der Waals surface area contributed by atoms with Crippen LogP contribution in [0.1, 0.15) is 31.9 Å². The summed E-state index contributed by atoms with van der Waals surface area (Å²) in [5.41, 5.74) is 1.49. The number of amides is 2. The van der Waals surface area contributed by atoms with Crippen molar-refractivity contribution in [3.8, 4) is 0 Å². The number of carbonyl (C=O) groups excluding carboxylic acids is 1. The fourth-order valence-corrected chi connectivity index (χ4v) is 2.60. The lowest BCUT2D eigenvalue weighted by Crippen LogP contribution is -2.48. The Balaban J connectivity index is 1.99. The molecule has 1 aliphatic heterocycles. The lowest BCUT2D eigenvalue weighted by molar-refractivity contribution is 0.00895. The highest BCUT2D eigenvalue weighted by Crippen LogP contribution is 2.21. The monoisotopic (exact) mass is 292 g/mol. The molecule has 1 heterocycles. The lowest BCUT2D eigenvalue weighted by atomic mass is 9.96. The van der Waals surface area contributed by atoms with Crippen LogP contribution in [0.4, 0.5) is 10.5 Å². The number of anilines is 1. The van der Waals surface area contributed by atoms with E-state index in [4.69, 9.17) is 4.74 Å². The zero-order valence-corrected chi connectivity index (χ0v) is 12.9. The van der Waals surface area contributed by atoms with Gasteiger partial charge in [-0.25, -0.2) is 4.79 Å². The van der Waals surface area contributed by atoms with E-state index in [2.05, 4.69) is 12.2 Å². The first-order valence-corrected chi connectivity index (χ1v) is 7.38. The fourth-order valence-electron chi connectivity index (χ4n) is 2.60. The number of carbonyl (C=O) groups is 1. The molecular weight excluding hydrogens is 268 g/mol. The van der Waals surface area contributed by atoms with Crippen molar-refractivity contribution in [3.63, 3.8) is 0 Å². The summed E-state index contributed by atoms with van der Waals surface area (Å²) < 4.78 is 5.43. The molecule has 3 atom stereocenters. The van der Waals surface area contributed by atoms with Gasteiger partial charge in [-0.15, -0.1) is 0 Å². The summed E-state index contributed by atoms with van der Waals surface area (Å²) in [5.74, 6) is 0.470. The molecule has 5 nitrogen and oxygen atoms in total. The normalized spacial score (nSPS) is 23.7. The second-order valence-electron chi connectivity index (χ2n) is 5.72. The number of hydrogen-bond donors (Lipinski definition) is 2. The molecule has 1 saturated heterocycles. The quantitative estimate of drug-likeness (QED) is 0.900. The topological polar surface area (TPSA) is 61.8 Å². The Morgan fingerprint density at radius 2 is 2.29 bits per heavy atom. The Hall–Kier alpha value is -1.59. The zero-order valence-electron chi connectivity index (χ0n) is 12.9. The van der Waals surface area contributed by atoms with Crippen molar-refractivity contribution in [1.29, 1.82) is 0 Å². The van der Waals surface area contributed by atoms with E-state index in [1.54, 1.807) is 25.0 Å². The van der Waals surface area contributed by atoms with Gasteiger partial charge in [0.1, 0.15) is 0 Å². The van der Waals surface area contributed by atoms with Gasteiger partial charge >= 0.3 is 6.03 Å². The van der Waals surface area contributed by atoms with Crippen LogP contribution in [0.5, 0.6) is 0 Å². The summed E-state index contributed by atoms with van der Waals surface area (Å²) in [6.07, 6.45) is 0.489. The van der Waals surface area contributed by atoms with Crippen LogP contribution in [0.25, 0.3) is 0 Å². The number of hydrogen-bond acceptors (Lipinski definition) is 3. The predicted octanol–water partition coefficient (Wildman–Crippen LogP) is 2.63. The van der Waals surface area contributed by atoms with Crippen molar-refractivity contribution >= 4 is 11.7 Å². The Labute approximate surface area is 125 Å². The SMILES string of the molecule is COC1CN(C(=O)Nc2cccc(C(C)O)c2)CCC1C. The number of aliphatic hydroxyl groups excluding tert-OH is 1. The van der Waals surface area contributed by atoms with E-state index >= 15 is 0 Å². The molecule has 5 heteroatoms. The van der Waals surface area contributed by atoms with E-state index in [0.717, 1.165) is 18.5 Å². The van der Waals surface area contributed by atoms with Gasteiger partial charge in [0.25, 0.3) is 0 Å². The van der Waals surface area contributed by atoms with E-state index in [0.29, 0.717) is 18.2 Å². The highest BCUT2D eigenvalue weighted by atomic mass is 16.5.